The second kappa shape index (κ2) is 6.89. The smallest absolute Gasteiger partial charge is 0.411 e. The van der Waals surface area contributed by atoms with Crippen LogP contribution in [-0.4, -0.2) is 52.5 Å². The average Bonchev–Trinajstić information content (AvgIpc) is 2.76. The summed E-state index contributed by atoms with van der Waals surface area (Å²) in [6.07, 6.45) is -1.92. The van der Waals surface area contributed by atoms with E-state index in [-0.39, 0.29) is 18.8 Å². The summed E-state index contributed by atoms with van der Waals surface area (Å²) in [5, 5.41) is 10.9. The van der Waals surface area contributed by atoms with Gasteiger partial charge in [0.25, 0.3) is 0 Å². The van der Waals surface area contributed by atoms with Gasteiger partial charge in [-0.2, -0.15) is 13.2 Å². The Labute approximate surface area is 111 Å². The molecule has 0 bridgehead atoms. The molecular weight excluding hydrogens is 283 g/mol. The van der Waals surface area contributed by atoms with Gasteiger partial charge in [0, 0.05) is 19.3 Å². The van der Waals surface area contributed by atoms with Crippen molar-refractivity contribution in [1.29, 1.82) is 0 Å². The molecule has 1 heterocycles. The first-order valence-corrected chi connectivity index (χ1v) is 5.44. The van der Waals surface area contributed by atoms with Gasteiger partial charge in [-0.15, -0.1) is 0 Å². The number of aromatic carboxylic acids is 1. The number of carboxylic acid groups (broad SMARTS) is 1. The van der Waals surface area contributed by atoms with Gasteiger partial charge in [-0.3, -0.25) is 4.79 Å². The van der Waals surface area contributed by atoms with Gasteiger partial charge in [0.05, 0.1) is 6.33 Å². The van der Waals surface area contributed by atoms with Crippen molar-refractivity contribution in [3.8, 4) is 0 Å². The number of nitrogens with one attached hydrogen (secondary N) is 1. The van der Waals surface area contributed by atoms with Crippen LogP contribution in [0.4, 0.5) is 13.2 Å². The van der Waals surface area contributed by atoms with Gasteiger partial charge >= 0.3 is 12.1 Å². The molecule has 0 unspecified atom stereocenters. The number of ether oxygens (including phenoxy) is 1. The van der Waals surface area contributed by atoms with Crippen molar-refractivity contribution >= 4 is 11.9 Å². The quantitative estimate of drug-likeness (QED) is 0.753. The summed E-state index contributed by atoms with van der Waals surface area (Å²) in [4.78, 5) is 25.2. The van der Waals surface area contributed by atoms with E-state index >= 15 is 0 Å². The zero-order valence-electron chi connectivity index (χ0n) is 10.2. The molecule has 7 nitrogen and oxygen atoms in total. The molecular formula is C10H12F3N3O4. The SMILES string of the molecule is O=C(COCC(F)(F)F)NCCn1cnc(C(=O)O)c1. The fourth-order valence-electron chi connectivity index (χ4n) is 1.23. The van der Waals surface area contributed by atoms with Crippen LogP contribution in [0.25, 0.3) is 0 Å². The van der Waals surface area contributed by atoms with Gasteiger partial charge in [0.2, 0.25) is 5.91 Å². The summed E-state index contributed by atoms with van der Waals surface area (Å²) in [6.45, 7) is -1.82. The number of carbonyl (C=O) groups is 2. The van der Waals surface area contributed by atoms with Crippen LogP contribution in [0.2, 0.25) is 0 Å². The fourth-order valence-corrected chi connectivity index (χ4v) is 1.23. The molecule has 0 aliphatic heterocycles. The third kappa shape index (κ3) is 6.18. The Bertz CT molecular complexity index is 473. The highest BCUT2D eigenvalue weighted by Gasteiger charge is 2.27. The van der Waals surface area contributed by atoms with E-state index in [0.29, 0.717) is 0 Å². The van der Waals surface area contributed by atoms with Crippen LogP contribution >= 0.6 is 0 Å². The van der Waals surface area contributed by atoms with E-state index < -0.39 is 31.3 Å². The maximum absolute atomic E-state index is 11.7. The molecule has 2 N–H and O–H groups in total. The summed E-state index contributed by atoms with van der Waals surface area (Å²) in [7, 11) is 0. The number of nitrogens with zero attached hydrogens (tertiary/aromatic N) is 2. The summed E-state index contributed by atoms with van der Waals surface area (Å²) >= 11 is 0. The molecule has 20 heavy (non-hydrogen) atoms. The molecule has 0 radical (unpaired) electrons. The van der Waals surface area contributed by atoms with Gasteiger partial charge in [-0.05, 0) is 0 Å². The summed E-state index contributed by atoms with van der Waals surface area (Å²) in [5.41, 5.74) is -0.134. The van der Waals surface area contributed by atoms with Gasteiger partial charge in [0.15, 0.2) is 5.69 Å². The van der Waals surface area contributed by atoms with E-state index in [2.05, 4.69) is 15.0 Å². The van der Waals surface area contributed by atoms with Crippen molar-refractivity contribution < 1.29 is 32.6 Å². The van der Waals surface area contributed by atoms with E-state index in [1.807, 2.05) is 0 Å². The van der Waals surface area contributed by atoms with Crippen molar-refractivity contribution in [3.63, 3.8) is 0 Å². The number of carbonyl (C=O) groups excluding carboxylic acids is 1. The zero-order chi connectivity index (χ0) is 15.2. The molecule has 10 heteroatoms. The minimum absolute atomic E-state index is 0.115. The first kappa shape index (κ1) is 16.0. The molecule has 112 valence electrons. The predicted octanol–water partition coefficient (Wildman–Crippen LogP) is 0.276. The van der Waals surface area contributed by atoms with Crippen molar-refractivity contribution in [1.82, 2.24) is 14.9 Å². The average molecular weight is 295 g/mol. The Kier molecular flexibility index (Phi) is 5.50. The Morgan fingerprint density at radius 1 is 1.45 bits per heavy atom. The van der Waals surface area contributed by atoms with Crippen LogP contribution in [0, 0.1) is 0 Å². The molecule has 1 aromatic rings. The molecule has 0 fully saturated rings. The van der Waals surface area contributed by atoms with Gasteiger partial charge < -0.3 is 19.7 Å². The normalized spacial score (nSPS) is 11.3. The van der Waals surface area contributed by atoms with Crippen LogP contribution in [0.15, 0.2) is 12.5 Å². The third-order valence-electron chi connectivity index (χ3n) is 2.04. The third-order valence-corrected chi connectivity index (χ3v) is 2.04. The minimum Gasteiger partial charge on any atom is -0.476 e. The van der Waals surface area contributed by atoms with E-state index in [0.717, 1.165) is 0 Å². The Morgan fingerprint density at radius 2 is 2.15 bits per heavy atom. The first-order chi connectivity index (χ1) is 9.28. The van der Waals surface area contributed by atoms with E-state index in [1.54, 1.807) is 0 Å². The van der Waals surface area contributed by atoms with Gasteiger partial charge in [-0.25, -0.2) is 9.78 Å². The Morgan fingerprint density at radius 3 is 2.70 bits per heavy atom. The van der Waals surface area contributed by atoms with Crippen molar-refractivity contribution in [2.75, 3.05) is 19.8 Å². The maximum atomic E-state index is 11.7. The molecule has 1 aromatic heterocycles. The summed E-state index contributed by atoms with van der Waals surface area (Å²) in [6, 6.07) is 0. The Hall–Kier alpha value is -2.10. The lowest BCUT2D eigenvalue weighted by molar-refractivity contribution is -0.175. The second-order valence-electron chi connectivity index (χ2n) is 3.76. The molecule has 0 spiro atoms. The molecule has 1 rings (SSSR count). The van der Waals surface area contributed by atoms with Crippen LogP contribution < -0.4 is 5.32 Å². The lowest BCUT2D eigenvalue weighted by Gasteiger charge is -2.08. The molecule has 0 atom stereocenters. The van der Waals surface area contributed by atoms with Crippen molar-refractivity contribution in [2.24, 2.45) is 0 Å². The van der Waals surface area contributed by atoms with Crippen molar-refractivity contribution in [2.45, 2.75) is 12.7 Å². The van der Waals surface area contributed by atoms with Crippen LogP contribution in [0.1, 0.15) is 10.5 Å². The zero-order valence-corrected chi connectivity index (χ0v) is 10.2. The van der Waals surface area contributed by atoms with E-state index in [9.17, 15) is 22.8 Å². The van der Waals surface area contributed by atoms with E-state index in [4.69, 9.17) is 5.11 Å². The minimum atomic E-state index is -4.47. The topological polar surface area (TPSA) is 93.5 Å². The highest BCUT2D eigenvalue weighted by Crippen LogP contribution is 2.13. The number of rotatable bonds is 7. The predicted molar refractivity (Wildman–Crippen MR) is 59.1 cm³/mol. The molecule has 0 saturated heterocycles. The number of halogens is 3. The highest BCUT2D eigenvalue weighted by atomic mass is 19.4. The monoisotopic (exact) mass is 295 g/mol. The maximum Gasteiger partial charge on any atom is 0.411 e. The molecule has 0 aliphatic rings. The van der Waals surface area contributed by atoms with Gasteiger partial charge in [-0.1, -0.05) is 0 Å². The summed E-state index contributed by atoms with van der Waals surface area (Å²) in [5.74, 6) is -1.86. The van der Waals surface area contributed by atoms with E-state index in [1.165, 1.54) is 17.1 Å². The summed E-state index contributed by atoms with van der Waals surface area (Å²) < 4.78 is 40.8. The fraction of sp³-hybridized carbons (Fsp3) is 0.500. The molecule has 1 amide bonds. The lowest BCUT2D eigenvalue weighted by Crippen LogP contribution is -2.32. The Balaban J connectivity index is 2.19. The molecule has 0 saturated carbocycles. The standard InChI is InChI=1S/C10H12F3N3O4/c11-10(12,13)5-20-4-8(17)14-1-2-16-3-7(9(18)19)15-6-16/h3,6H,1-2,4-5H2,(H,14,17)(H,18,19). The number of aromatic nitrogens is 2. The number of hydrogen-bond acceptors (Lipinski definition) is 4. The molecule has 0 aromatic carbocycles. The van der Waals surface area contributed by atoms with Gasteiger partial charge in [0.1, 0.15) is 13.2 Å². The van der Waals surface area contributed by atoms with Crippen molar-refractivity contribution in [3.05, 3.63) is 18.2 Å². The number of imidazole rings is 1. The highest BCUT2D eigenvalue weighted by molar-refractivity contribution is 5.84. The number of carboxylic acids is 1. The molecule has 0 aliphatic carbocycles. The second-order valence-corrected chi connectivity index (χ2v) is 3.76. The lowest BCUT2D eigenvalue weighted by atomic mass is 10.5. The first-order valence-electron chi connectivity index (χ1n) is 5.44. The van der Waals surface area contributed by atoms with Crippen LogP contribution in [0.5, 0.6) is 0 Å². The number of alkyl halides is 3. The number of amides is 1. The van der Waals surface area contributed by atoms with Crippen LogP contribution in [-0.2, 0) is 16.1 Å². The largest absolute Gasteiger partial charge is 0.476 e. The number of hydrogen-bond donors (Lipinski definition) is 2. The van der Waals surface area contributed by atoms with Crippen LogP contribution in [0.3, 0.4) is 0 Å².